The molecule has 0 spiro atoms. The SMILES string of the molecule is CC(=O)O[C@H]1[C@H](Oc2cc(O)cc3occ(-c4ccc(O)c(O)c4)c(=O)c23)OC[C@@H](O)[C@@H]1O. The molecule has 1 fully saturated rings. The number of esters is 1. The van der Waals surface area contributed by atoms with Crippen molar-refractivity contribution < 1.29 is 49.0 Å². The Morgan fingerprint density at radius 3 is 2.55 bits per heavy atom. The summed E-state index contributed by atoms with van der Waals surface area (Å²) >= 11 is 0. The number of benzene rings is 2. The molecule has 1 saturated heterocycles. The molecule has 1 aliphatic rings. The van der Waals surface area contributed by atoms with Crippen molar-refractivity contribution >= 4 is 16.9 Å². The summed E-state index contributed by atoms with van der Waals surface area (Å²) in [4.78, 5) is 24.8. The molecule has 2 aromatic carbocycles. The number of carbonyl (C=O) groups is 1. The van der Waals surface area contributed by atoms with Crippen molar-refractivity contribution in [1.82, 2.24) is 0 Å². The summed E-state index contributed by atoms with van der Waals surface area (Å²) in [6, 6.07) is 6.07. The molecule has 0 radical (unpaired) electrons. The van der Waals surface area contributed by atoms with Gasteiger partial charge in [0.15, 0.2) is 17.6 Å². The fourth-order valence-corrected chi connectivity index (χ4v) is 3.50. The Bertz CT molecular complexity index is 1270. The first-order chi connectivity index (χ1) is 15.7. The molecule has 3 aromatic rings. The molecule has 33 heavy (non-hydrogen) atoms. The smallest absolute Gasteiger partial charge is 0.303 e. The van der Waals surface area contributed by atoms with Gasteiger partial charge in [0.1, 0.15) is 40.9 Å². The molecule has 0 bridgehead atoms. The second-order valence-corrected chi connectivity index (χ2v) is 7.45. The van der Waals surface area contributed by atoms with E-state index in [4.69, 9.17) is 18.6 Å². The first-order valence-corrected chi connectivity index (χ1v) is 9.78. The van der Waals surface area contributed by atoms with Crippen molar-refractivity contribution in [1.29, 1.82) is 0 Å². The van der Waals surface area contributed by atoms with Crippen molar-refractivity contribution in [2.75, 3.05) is 6.61 Å². The van der Waals surface area contributed by atoms with Crippen molar-refractivity contribution in [3.63, 3.8) is 0 Å². The van der Waals surface area contributed by atoms with E-state index in [1.54, 1.807) is 0 Å². The number of phenolic OH excluding ortho intramolecular Hbond substituents is 3. The Hall–Kier alpha value is -3.80. The highest BCUT2D eigenvalue weighted by atomic mass is 16.7. The number of fused-ring (bicyclic) bond motifs is 1. The van der Waals surface area contributed by atoms with E-state index in [2.05, 4.69) is 0 Å². The first kappa shape index (κ1) is 22.4. The average molecular weight is 460 g/mol. The molecular formula is C22H20O11. The van der Waals surface area contributed by atoms with E-state index in [9.17, 15) is 35.1 Å². The first-order valence-electron chi connectivity index (χ1n) is 9.78. The number of hydrogen-bond donors (Lipinski definition) is 5. The zero-order valence-electron chi connectivity index (χ0n) is 17.2. The molecule has 1 aromatic heterocycles. The number of aromatic hydroxyl groups is 3. The topological polar surface area (TPSA) is 176 Å². The largest absolute Gasteiger partial charge is 0.508 e. The van der Waals surface area contributed by atoms with Gasteiger partial charge >= 0.3 is 5.97 Å². The third-order valence-corrected chi connectivity index (χ3v) is 5.09. The summed E-state index contributed by atoms with van der Waals surface area (Å²) in [6.45, 7) is 0.759. The van der Waals surface area contributed by atoms with E-state index in [1.165, 1.54) is 24.3 Å². The average Bonchev–Trinajstić information content (AvgIpc) is 2.75. The van der Waals surface area contributed by atoms with Crippen LogP contribution in [-0.2, 0) is 14.3 Å². The van der Waals surface area contributed by atoms with Gasteiger partial charge in [0, 0.05) is 19.1 Å². The number of carbonyl (C=O) groups excluding carboxylic acids is 1. The van der Waals surface area contributed by atoms with Gasteiger partial charge in [-0.2, -0.15) is 0 Å². The van der Waals surface area contributed by atoms with Crippen LogP contribution < -0.4 is 10.2 Å². The second-order valence-electron chi connectivity index (χ2n) is 7.45. The van der Waals surface area contributed by atoms with Crippen LogP contribution in [0.5, 0.6) is 23.0 Å². The molecule has 4 atom stereocenters. The van der Waals surface area contributed by atoms with Crippen LogP contribution in [0.25, 0.3) is 22.1 Å². The lowest BCUT2D eigenvalue weighted by Crippen LogP contribution is -2.56. The number of rotatable bonds is 4. The van der Waals surface area contributed by atoms with Gasteiger partial charge in [-0.15, -0.1) is 0 Å². The highest BCUT2D eigenvalue weighted by Crippen LogP contribution is 2.34. The normalized spacial score (nSPS) is 22.8. The van der Waals surface area contributed by atoms with Gasteiger partial charge in [0.05, 0.1) is 12.2 Å². The lowest BCUT2D eigenvalue weighted by molar-refractivity contribution is -0.250. The van der Waals surface area contributed by atoms with Crippen molar-refractivity contribution in [3.8, 4) is 34.1 Å². The van der Waals surface area contributed by atoms with E-state index in [0.29, 0.717) is 0 Å². The van der Waals surface area contributed by atoms with E-state index in [0.717, 1.165) is 19.3 Å². The number of ether oxygens (including phenoxy) is 3. The predicted molar refractivity (Wildman–Crippen MR) is 111 cm³/mol. The van der Waals surface area contributed by atoms with Gasteiger partial charge in [-0.05, 0) is 17.7 Å². The summed E-state index contributed by atoms with van der Waals surface area (Å²) in [5.74, 6) is -2.09. The minimum Gasteiger partial charge on any atom is -0.508 e. The molecule has 0 aliphatic carbocycles. The molecule has 0 amide bonds. The van der Waals surface area contributed by atoms with E-state index >= 15 is 0 Å². The number of aliphatic hydroxyl groups excluding tert-OH is 2. The van der Waals surface area contributed by atoms with Crippen LogP contribution in [0.15, 0.2) is 45.8 Å². The number of hydrogen-bond acceptors (Lipinski definition) is 11. The van der Waals surface area contributed by atoms with Gasteiger partial charge in [0.2, 0.25) is 11.7 Å². The van der Waals surface area contributed by atoms with Gasteiger partial charge in [-0.3, -0.25) is 9.59 Å². The van der Waals surface area contributed by atoms with E-state index < -0.39 is 41.7 Å². The zero-order valence-corrected chi connectivity index (χ0v) is 17.2. The van der Waals surface area contributed by atoms with Gasteiger partial charge in [0.25, 0.3) is 0 Å². The van der Waals surface area contributed by atoms with Crippen molar-refractivity contribution in [2.45, 2.75) is 31.5 Å². The third-order valence-electron chi connectivity index (χ3n) is 5.09. The third kappa shape index (κ3) is 4.29. The lowest BCUT2D eigenvalue weighted by atomic mass is 10.0. The van der Waals surface area contributed by atoms with E-state index in [-0.39, 0.29) is 46.0 Å². The second kappa shape index (κ2) is 8.62. The maximum atomic E-state index is 13.3. The quantitative estimate of drug-likeness (QED) is 0.277. The van der Waals surface area contributed by atoms with Crippen LogP contribution in [0, 0.1) is 0 Å². The summed E-state index contributed by atoms with van der Waals surface area (Å²) in [6.07, 6.45) is -4.58. The molecule has 11 nitrogen and oxygen atoms in total. The summed E-state index contributed by atoms with van der Waals surface area (Å²) in [7, 11) is 0. The minimum atomic E-state index is -1.52. The fraction of sp³-hybridized carbons (Fsp3) is 0.273. The predicted octanol–water partition coefficient (Wildman–Crippen LogP) is 0.965. The maximum absolute atomic E-state index is 13.3. The van der Waals surface area contributed by atoms with Crippen LogP contribution in [0.4, 0.5) is 0 Å². The molecule has 11 heteroatoms. The summed E-state index contributed by atoms with van der Waals surface area (Å²) in [5, 5.41) is 49.4. The van der Waals surface area contributed by atoms with Gasteiger partial charge < -0.3 is 44.2 Å². The van der Waals surface area contributed by atoms with Crippen molar-refractivity contribution in [2.24, 2.45) is 0 Å². The molecule has 1 aliphatic heterocycles. The van der Waals surface area contributed by atoms with Crippen LogP contribution in [0.2, 0.25) is 0 Å². The Labute approximate surface area is 185 Å². The Morgan fingerprint density at radius 2 is 1.85 bits per heavy atom. The zero-order chi connectivity index (χ0) is 23.9. The van der Waals surface area contributed by atoms with Gasteiger partial charge in [-0.1, -0.05) is 6.07 Å². The lowest BCUT2D eigenvalue weighted by Gasteiger charge is -2.37. The molecular weight excluding hydrogens is 440 g/mol. The molecule has 4 rings (SSSR count). The highest BCUT2D eigenvalue weighted by molar-refractivity contribution is 5.88. The molecule has 0 saturated carbocycles. The Balaban J connectivity index is 1.80. The van der Waals surface area contributed by atoms with Crippen LogP contribution in [0.3, 0.4) is 0 Å². The van der Waals surface area contributed by atoms with Crippen LogP contribution in [-0.4, -0.2) is 62.7 Å². The van der Waals surface area contributed by atoms with E-state index in [1.807, 2.05) is 0 Å². The monoisotopic (exact) mass is 460 g/mol. The molecule has 174 valence electrons. The number of phenols is 3. The summed E-state index contributed by atoms with van der Waals surface area (Å²) < 4.78 is 21.6. The van der Waals surface area contributed by atoms with Crippen molar-refractivity contribution in [3.05, 3.63) is 46.8 Å². The Morgan fingerprint density at radius 1 is 1.09 bits per heavy atom. The molecule has 2 heterocycles. The van der Waals surface area contributed by atoms with Crippen LogP contribution in [0.1, 0.15) is 6.92 Å². The van der Waals surface area contributed by atoms with Gasteiger partial charge in [-0.25, -0.2) is 0 Å². The Kier molecular flexibility index (Phi) is 5.85. The highest BCUT2D eigenvalue weighted by Gasteiger charge is 2.43. The molecule has 5 N–H and O–H groups in total. The van der Waals surface area contributed by atoms with Crippen LogP contribution >= 0.6 is 0 Å². The fourth-order valence-electron chi connectivity index (χ4n) is 3.50. The maximum Gasteiger partial charge on any atom is 0.303 e. The number of aliphatic hydroxyl groups is 2. The molecule has 0 unspecified atom stereocenters. The minimum absolute atomic E-state index is 0.0184. The summed E-state index contributed by atoms with van der Waals surface area (Å²) in [5.41, 5.74) is -0.380. The standard InChI is InChI=1S/C22H20O11/c1-9(23)32-21-20(29)15(27)8-31-22(21)33-17-6-11(24)5-16-18(17)19(28)12(7-30-16)10-2-3-13(25)14(26)4-10/h2-7,15,20-22,24-27,29H,8H2,1H3/t15-,20+,21-,22+/m1/s1.